The maximum Gasteiger partial charge on any atom is 0.161 e. The number of carboxylic acid groups (broad SMARTS) is 1. The van der Waals surface area contributed by atoms with Crippen LogP contribution in [0.4, 0.5) is 0 Å². The van der Waals surface area contributed by atoms with E-state index in [4.69, 9.17) is 78.0 Å². The number of carbonyl (C=O) groups is 4. The van der Waals surface area contributed by atoms with Gasteiger partial charge < -0.3 is 118 Å². The minimum Gasteiger partial charge on any atom is -0.503 e. The first kappa shape index (κ1) is 131. The monoisotopic (exact) mass is 1520 g/mol. The van der Waals surface area contributed by atoms with Gasteiger partial charge in [0.25, 0.3) is 0 Å². The fourth-order valence-electron chi connectivity index (χ4n) is 2.27. The number of hydrogen-bond acceptors (Lipinski definition) is 22. The summed E-state index contributed by atoms with van der Waals surface area (Å²) in [6.07, 6.45) is 8.51. The van der Waals surface area contributed by atoms with Crippen LogP contribution in [0.1, 0.15) is 67.5 Å². The molecule has 0 aliphatic carbocycles. The molecule has 1 aromatic heterocycles. The number of aromatic nitrogens is 3. The van der Waals surface area contributed by atoms with Crippen LogP contribution in [0.25, 0.3) is 31.3 Å². The van der Waals surface area contributed by atoms with E-state index in [1.807, 2.05) is 54.8 Å². The minimum absolute atomic E-state index is 0. The van der Waals surface area contributed by atoms with Crippen molar-refractivity contribution in [1.29, 1.82) is 0 Å². The number of aliphatic carboxylic acids is 1. The van der Waals surface area contributed by atoms with E-state index in [9.17, 15) is 14.4 Å². The molecule has 0 unspecified atom stereocenters. The molecule has 0 fully saturated rings. The summed E-state index contributed by atoms with van der Waals surface area (Å²) in [6, 6.07) is 0. The summed E-state index contributed by atoms with van der Waals surface area (Å²) in [5.74, 6) is 0.773. The Hall–Kier alpha value is -1.91. The second-order valence-corrected chi connectivity index (χ2v) is 11.8. The number of amides is 2. The van der Waals surface area contributed by atoms with E-state index in [1.165, 1.54) is 49.2 Å². The number of aliphatic hydroxyl groups is 4. The van der Waals surface area contributed by atoms with E-state index >= 15 is 0 Å². The largest absolute Gasteiger partial charge is 0.503 e. The van der Waals surface area contributed by atoms with Crippen LogP contribution in [0.3, 0.4) is 0 Å². The number of likely N-dealkylation sites (N-methyl/N-ethyl adjacent to an activating group) is 3. The number of carboxylic acids is 1. The number of azide groups is 3. The third kappa shape index (κ3) is 328. The predicted octanol–water partition coefficient (Wildman–Crippen LogP) is 1.99. The van der Waals surface area contributed by atoms with Crippen molar-refractivity contribution in [3.8, 4) is 12.3 Å². The first-order valence-electron chi connectivity index (χ1n) is 24.8. The molecular weight excluding hydrogens is 1410 g/mol. The van der Waals surface area contributed by atoms with Crippen LogP contribution < -0.4 is 38.1 Å². The molecule has 0 aliphatic heterocycles. The number of nitrogens with zero attached hydrogens (tertiary/aromatic N) is 12. The van der Waals surface area contributed by atoms with E-state index in [0.717, 1.165) is 57.8 Å². The minimum atomic E-state index is -1.08. The number of aryl methyl sites for hydroxylation is 2. The number of terminal acetylenes is 1. The van der Waals surface area contributed by atoms with E-state index in [1.54, 1.807) is 4.68 Å². The van der Waals surface area contributed by atoms with Crippen molar-refractivity contribution in [3.05, 3.63) is 70.9 Å². The van der Waals surface area contributed by atoms with Crippen LogP contribution in [0.5, 0.6) is 0 Å². The van der Waals surface area contributed by atoms with Crippen molar-refractivity contribution in [1.82, 2.24) is 41.6 Å². The predicted molar refractivity (Wildman–Crippen MR) is 320 cm³/mol. The fraction of sp³-hybridized carbons (Fsp3) is 0.750. The molecule has 0 aliphatic rings. The second kappa shape index (κ2) is 165. The molecule has 0 saturated heterocycles. The van der Waals surface area contributed by atoms with Crippen molar-refractivity contribution in [2.75, 3.05) is 167 Å². The van der Waals surface area contributed by atoms with Crippen LogP contribution >= 0.6 is 0 Å². The molecule has 84 heavy (non-hydrogen) atoms. The van der Waals surface area contributed by atoms with Gasteiger partial charge in [0.2, 0.25) is 0 Å². The van der Waals surface area contributed by atoms with Crippen molar-refractivity contribution in [2.24, 2.45) is 33.9 Å². The van der Waals surface area contributed by atoms with Crippen LogP contribution in [0.2, 0.25) is 0 Å². The van der Waals surface area contributed by atoms with Gasteiger partial charge in [-0.2, -0.15) is 0 Å². The van der Waals surface area contributed by atoms with Crippen LogP contribution in [-0.2, 0) is 182 Å². The summed E-state index contributed by atoms with van der Waals surface area (Å²) in [4.78, 5) is 44.5. The van der Waals surface area contributed by atoms with Gasteiger partial charge in [0.1, 0.15) is 0 Å². The van der Waals surface area contributed by atoms with Crippen LogP contribution in [-0.4, -0.2) is 231 Å². The second-order valence-electron chi connectivity index (χ2n) is 11.8. The molecule has 1 aromatic rings. The molecule has 14 N–H and O–H groups in total. The van der Waals surface area contributed by atoms with Gasteiger partial charge in [-0.15, -0.1) is 17.4 Å². The van der Waals surface area contributed by atoms with Crippen LogP contribution in [0.15, 0.2) is 21.5 Å². The fourth-order valence-corrected chi connectivity index (χ4v) is 2.27. The molecule has 32 nitrogen and oxygen atoms in total. The molecule has 1 heterocycles. The molecule has 0 saturated carbocycles. The third-order valence-electron chi connectivity index (χ3n) is 5.27. The number of ketones is 1. The average Bonchev–Trinajstić information content (AvgIpc) is 3.90. The van der Waals surface area contributed by atoms with Gasteiger partial charge in [-0.25, -0.2) is 0 Å². The Kier molecular flexibility index (Phi) is 259. The van der Waals surface area contributed by atoms with Gasteiger partial charge in [0, 0.05) is 227 Å². The Morgan fingerprint density at radius 3 is 0.964 bits per heavy atom. The van der Waals surface area contributed by atoms with Crippen molar-refractivity contribution in [3.63, 3.8) is 0 Å². The number of nitrogens with one attached hydrogen (secondary N) is 5. The molecular formula is C48H111N19O13Y4-4. The number of carbonyl (C=O) groups excluding carboxylic acids is 3. The zero-order valence-corrected chi connectivity index (χ0v) is 65.0. The molecule has 36 heteroatoms. The normalized spacial score (nSPS) is 7.29. The first-order valence-corrected chi connectivity index (χ1v) is 24.8. The Bertz CT molecular complexity index is 1310. The van der Waals surface area contributed by atoms with E-state index in [2.05, 4.69) is 113 Å². The van der Waals surface area contributed by atoms with Gasteiger partial charge in [-0.3, -0.25) is 16.4 Å². The van der Waals surface area contributed by atoms with Crippen molar-refractivity contribution in [2.45, 2.75) is 68.2 Å². The third-order valence-corrected chi connectivity index (χ3v) is 5.27. The Labute approximate surface area is 606 Å². The summed E-state index contributed by atoms with van der Waals surface area (Å²) in [5, 5.41) is 70.5. The Morgan fingerprint density at radius 2 is 0.857 bits per heavy atom. The smallest absolute Gasteiger partial charge is 0.161 e. The summed E-state index contributed by atoms with van der Waals surface area (Å²) in [5.41, 5.74) is 32.6. The zero-order valence-electron chi connectivity index (χ0n) is 53.7. The number of Topliss-reactive ketones (excluding diaryl/α,β-unsaturated/α-hetero) is 1. The topological polar surface area (TPSA) is 496 Å². The molecule has 2 amide bonds. The molecule has 0 spiro atoms. The summed E-state index contributed by atoms with van der Waals surface area (Å²) in [7, 11) is 10.6. The number of ether oxygens (including phenoxy) is 4. The maximum absolute atomic E-state index is 9.59. The molecule has 0 bridgehead atoms. The van der Waals surface area contributed by atoms with Crippen molar-refractivity contribution < 1.29 is 194 Å². The number of rotatable bonds is 23. The van der Waals surface area contributed by atoms with Gasteiger partial charge in [0.05, 0.1) is 96.8 Å². The Balaban J connectivity index is -0.0000000352. The average molecular weight is 1520 g/mol. The first-order chi connectivity index (χ1) is 38.1. The SMILES string of the molecule is C#CCC.CC.CCNCCOCCO.CCNCCOCCO.CCNCCOCCO.CCc1cn(C)nn1.CN.CN=[N+]=[N-].CN=[N+]=[N-].CN=[N+]=[N-].NCCOCCO.[CH2-]C(=O)NC.[CH2-]C(=O)NC.[CH2-]C(=O)O.[CH2-]C(C)=O.[Y].[Y].[Y].[Y]. The van der Waals surface area contributed by atoms with E-state index < -0.39 is 5.97 Å². The van der Waals surface area contributed by atoms with Gasteiger partial charge in [0.15, 0.2) is 5.97 Å². The van der Waals surface area contributed by atoms with E-state index in [-0.39, 0.29) is 175 Å². The zero-order chi connectivity index (χ0) is 65.7. The molecule has 0 atom stereocenters. The standard InChI is InChI=1S/3C6H15NO2.C5H9N3.C4H11NO2.C4H6.2C3H6NO.C3H5O.C2H3O2.C2H6.3CH3N3.CH5N.4Y/c3*1-2-7-3-5-9-6-4-8;1-3-5-4-8(2)7-6-5;5-1-3-7-4-2-6;1-3-4-2;2*1-3(5)4-2;1-3(2)4;1-2(3)4;1-2;3*1-3-4-2;1-2;;;;/h3*7-8H,2-6H2,1H3;4H,3H2,1-2H3;6H,1-5H2;1H,4H2,2H3;2*1H2,2H3,(H,4,5);1H2,2H3;1H2,(H,3,4);1-2H3;3*1H3;2H2,1H3;;;;/q;;;;;;4*-1;;;;;;;;;. The van der Waals surface area contributed by atoms with Gasteiger partial charge >= 0.3 is 0 Å². The van der Waals surface area contributed by atoms with Gasteiger partial charge in [-0.05, 0) is 62.4 Å². The summed E-state index contributed by atoms with van der Waals surface area (Å²) in [6.45, 7) is 38.0. The van der Waals surface area contributed by atoms with Crippen molar-refractivity contribution >= 4 is 23.6 Å². The number of nitrogens with two attached hydrogens (primary N) is 2. The summed E-state index contributed by atoms with van der Waals surface area (Å²) >= 11 is 0. The molecule has 0 aromatic carbocycles. The quantitative estimate of drug-likeness (QED) is 0.0186. The Morgan fingerprint density at radius 1 is 0.643 bits per heavy atom. The van der Waals surface area contributed by atoms with Gasteiger partial charge in [-0.1, -0.05) is 69.0 Å². The molecule has 4 radical (unpaired) electrons. The number of aliphatic hydroxyl groups excluding tert-OH is 4. The van der Waals surface area contributed by atoms with E-state index in [0.29, 0.717) is 59.4 Å². The maximum atomic E-state index is 9.59. The number of hydrogen-bond donors (Lipinski definition) is 12. The van der Waals surface area contributed by atoms with Crippen LogP contribution in [0, 0.1) is 40.0 Å². The summed E-state index contributed by atoms with van der Waals surface area (Å²) < 4.78 is 21.4. The molecule has 492 valence electrons. The molecule has 1 rings (SSSR count).